The standard InChI is InChI=1S/C14H9Cl2F2NO2/c15-9-3-1-8(2-4-9)13(20)19-10-5-6-12(11(16)7-10)21-14(17)18/h1-7,14H,(H,19,20). The first kappa shape index (κ1) is 15.5. The molecule has 0 aliphatic carbocycles. The summed E-state index contributed by atoms with van der Waals surface area (Å²) in [7, 11) is 0. The number of hydrogen-bond acceptors (Lipinski definition) is 2. The molecule has 0 spiro atoms. The van der Waals surface area contributed by atoms with Crippen molar-refractivity contribution in [3.63, 3.8) is 0 Å². The molecule has 0 aliphatic rings. The zero-order valence-corrected chi connectivity index (χ0v) is 12.0. The number of nitrogens with one attached hydrogen (secondary N) is 1. The first-order valence-electron chi connectivity index (χ1n) is 5.77. The van der Waals surface area contributed by atoms with Gasteiger partial charge in [-0.3, -0.25) is 4.79 Å². The molecule has 0 heterocycles. The lowest BCUT2D eigenvalue weighted by Gasteiger charge is -2.09. The Balaban J connectivity index is 2.11. The lowest BCUT2D eigenvalue weighted by atomic mass is 10.2. The summed E-state index contributed by atoms with van der Waals surface area (Å²) in [6.07, 6.45) is 0. The maximum absolute atomic E-state index is 12.1. The molecule has 0 atom stereocenters. The van der Waals surface area contributed by atoms with E-state index >= 15 is 0 Å². The highest BCUT2D eigenvalue weighted by molar-refractivity contribution is 6.32. The van der Waals surface area contributed by atoms with Crippen LogP contribution in [0.2, 0.25) is 10.0 Å². The zero-order chi connectivity index (χ0) is 15.4. The van der Waals surface area contributed by atoms with Crippen LogP contribution < -0.4 is 10.1 Å². The molecule has 0 saturated carbocycles. The molecule has 2 aromatic rings. The van der Waals surface area contributed by atoms with Gasteiger partial charge in [-0.1, -0.05) is 23.2 Å². The summed E-state index contributed by atoms with van der Waals surface area (Å²) < 4.78 is 28.4. The Hall–Kier alpha value is -1.85. The smallest absolute Gasteiger partial charge is 0.387 e. The average Bonchev–Trinajstić information content (AvgIpc) is 2.42. The number of hydrogen-bond donors (Lipinski definition) is 1. The maximum atomic E-state index is 12.1. The number of amides is 1. The van der Waals surface area contributed by atoms with Crippen LogP contribution in [0.15, 0.2) is 42.5 Å². The normalized spacial score (nSPS) is 10.5. The van der Waals surface area contributed by atoms with Gasteiger partial charge in [0.25, 0.3) is 5.91 Å². The highest BCUT2D eigenvalue weighted by Gasteiger charge is 2.11. The Morgan fingerprint density at radius 2 is 1.76 bits per heavy atom. The predicted molar refractivity (Wildman–Crippen MR) is 77.5 cm³/mol. The summed E-state index contributed by atoms with van der Waals surface area (Å²) in [5, 5.41) is 3.08. The molecule has 0 unspecified atom stereocenters. The van der Waals surface area contributed by atoms with Gasteiger partial charge >= 0.3 is 6.61 Å². The molecule has 110 valence electrons. The number of halogens is 4. The van der Waals surface area contributed by atoms with Crippen LogP contribution in [0.1, 0.15) is 10.4 Å². The third-order valence-electron chi connectivity index (χ3n) is 2.51. The van der Waals surface area contributed by atoms with Crippen LogP contribution in [0.3, 0.4) is 0 Å². The van der Waals surface area contributed by atoms with Gasteiger partial charge in [0.1, 0.15) is 5.75 Å². The Bertz CT molecular complexity index is 648. The van der Waals surface area contributed by atoms with Crippen molar-refractivity contribution in [3.8, 4) is 5.75 Å². The average molecular weight is 332 g/mol. The van der Waals surface area contributed by atoms with E-state index in [1.54, 1.807) is 24.3 Å². The maximum Gasteiger partial charge on any atom is 0.387 e. The van der Waals surface area contributed by atoms with Gasteiger partial charge in [0.15, 0.2) is 0 Å². The molecule has 7 heteroatoms. The Labute approximate surface area is 129 Å². The van der Waals surface area contributed by atoms with E-state index in [4.69, 9.17) is 23.2 Å². The number of carbonyl (C=O) groups excluding carboxylic acids is 1. The molecular weight excluding hydrogens is 323 g/mol. The fraction of sp³-hybridized carbons (Fsp3) is 0.0714. The zero-order valence-electron chi connectivity index (χ0n) is 10.4. The van der Waals surface area contributed by atoms with E-state index in [2.05, 4.69) is 10.1 Å². The van der Waals surface area contributed by atoms with Crippen molar-refractivity contribution in [1.82, 2.24) is 0 Å². The highest BCUT2D eigenvalue weighted by Crippen LogP contribution is 2.29. The number of benzene rings is 2. The second kappa shape index (κ2) is 6.74. The molecule has 0 radical (unpaired) electrons. The molecule has 1 amide bonds. The Morgan fingerprint density at radius 3 is 2.33 bits per heavy atom. The van der Waals surface area contributed by atoms with Crippen LogP contribution in [0.4, 0.5) is 14.5 Å². The molecule has 2 rings (SSSR count). The van der Waals surface area contributed by atoms with Crippen molar-refractivity contribution in [2.45, 2.75) is 6.61 Å². The summed E-state index contributed by atoms with van der Waals surface area (Å²) >= 11 is 11.5. The fourth-order valence-electron chi connectivity index (χ4n) is 1.57. The molecular formula is C14H9Cl2F2NO2. The van der Waals surface area contributed by atoms with Crippen molar-refractivity contribution < 1.29 is 18.3 Å². The van der Waals surface area contributed by atoms with E-state index in [1.165, 1.54) is 18.2 Å². The third-order valence-corrected chi connectivity index (χ3v) is 3.06. The first-order valence-corrected chi connectivity index (χ1v) is 6.52. The minimum atomic E-state index is -2.96. The van der Waals surface area contributed by atoms with Crippen molar-refractivity contribution in [1.29, 1.82) is 0 Å². The van der Waals surface area contributed by atoms with E-state index < -0.39 is 6.61 Å². The first-order chi connectivity index (χ1) is 9.95. The summed E-state index contributed by atoms with van der Waals surface area (Å²) in [6.45, 7) is -2.96. The minimum Gasteiger partial charge on any atom is -0.433 e. The Morgan fingerprint density at radius 1 is 1.10 bits per heavy atom. The quantitative estimate of drug-likeness (QED) is 0.869. The van der Waals surface area contributed by atoms with Crippen LogP contribution >= 0.6 is 23.2 Å². The minimum absolute atomic E-state index is 0.0239. The van der Waals surface area contributed by atoms with Gasteiger partial charge in [0.2, 0.25) is 0 Å². The van der Waals surface area contributed by atoms with Crippen LogP contribution in [-0.2, 0) is 0 Å². The Kier molecular flexibility index (Phi) is 4.98. The largest absolute Gasteiger partial charge is 0.433 e. The topological polar surface area (TPSA) is 38.3 Å². The van der Waals surface area contributed by atoms with Crippen LogP contribution in [0.25, 0.3) is 0 Å². The monoisotopic (exact) mass is 331 g/mol. The van der Waals surface area contributed by atoms with Crippen LogP contribution in [-0.4, -0.2) is 12.5 Å². The molecule has 0 bridgehead atoms. The molecule has 3 nitrogen and oxygen atoms in total. The van der Waals surface area contributed by atoms with Gasteiger partial charge in [-0.05, 0) is 42.5 Å². The van der Waals surface area contributed by atoms with Crippen molar-refractivity contribution in [3.05, 3.63) is 58.1 Å². The third kappa shape index (κ3) is 4.31. The number of anilines is 1. The van der Waals surface area contributed by atoms with Crippen molar-refractivity contribution in [2.75, 3.05) is 5.32 Å². The van der Waals surface area contributed by atoms with Gasteiger partial charge in [-0.15, -0.1) is 0 Å². The SMILES string of the molecule is O=C(Nc1ccc(OC(F)F)c(Cl)c1)c1ccc(Cl)cc1. The predicted octanol–water partition coefficient (Wildman–Crippen LogP) is 4.85. The fourth-order valence-corrected chi connectivity index (χ4v) is 1.93. The second-order valence-electron chi connectivity index (χ2n) is 3.98. The molecule has 21 heavy (non-hydrogen) atoms. The van der Waals surface area contributed by atoms with Crippen molar-refractivity contribution >= 4 is 34.8 Å². The summed E-state index contributed by atoms with van der Waals surface area (Å²) in [4.78, 5) is 12.0. The van der Waals surface area contributed by atoms with E-state index in [9.17, 15) is 13.6 Å². The molecule has 0 saturated heterocycles. The highest BCUT2D eigenvalue weighted by atomic mass is 35.5. The number of rotatable bonds is 4. The summed E-state index contributed by atoms with van der Waals surface area (Å²) in [5.74, 6) is -0.526. The summed E-state index contributed by atoms with van der Waals surface area (Å²) in [6, 6.07) is 10.3. The van der Waals surface area contributed by atoms with Gasteiger partial charge in [0.05, 0.1) is 5.02 Å². The van der Waals surface area contributed by atoms with Crippen LogP contribution in [0, 0.1) is 0 Å². The van der Waals surface area contributed by atoms with E-state index in [1.807, 2.05) is 0 Å². The molecule has 0 aliphatic heterocycles. The van der Waals surface area contributed by atoms with E-state index in [-0.39, 0.29) is 16.7 Å². The van der Waals surface area contributed by atoms with Crippen molar-refractivity contribution in [2.24, 2.45) is 0 Å². The second-order valence-corrected chi connectivity index (χ2v) is 4.83. The van der Waals surface area contributed by atoms with Gasteiger partial charge < -0.3 is 10.1 Å². The van der Waals surface area contributed by atoms with E-state index in [0.29, 0.717) is 16.3 Å². The molecule has 0 fully saturated rings. The molecule has 2 aromatic carbocycles. The molecule has 0 aromatic heterocycles. The number of ether oxygens (including phenoxy) is 1. The van der Waals surface area contributed by atoms with Gasteiger partial charge in [-0.25, -0.2) is 0 Å². The van der Waals surface area contributed by atoms with Gasteiger partial charge in [-0.2, -0.15) is 8.78 Å². The lowest BCUT2D eigenvalue weighted by molar-refractivity contribution is -0.0497. The summed E-state index contributed by atoms with van der Waals surface area (Å²) in [5.41, 5.74) is 0.769. The van der Waals surface area contributed by atoms with Gasteiger partial charge in [0, 0.05) is 16.3 Å². The van der Waals surface area contributed by atoms with E-state index in [0.717, 1.165) is 0 Å². The van der Waals surface area contributed by atoms with Crippen LogP contribution in [0.5, 0.6) is 5.75 Å². The lowest BCUT2D eigenvalue weighted by Crippen LogP contribution is -2.11. The molecule has 1 N–H and O–H groups in total. The number of carbonyl (C=O) groups is 1. The number of alkyl halides is 2.